The summed E-state index contributed by atoms with van der Waals surface area (Å²) in [5.74, 6) is -0.0301. The van der Waals surface area contributed by atoms with E-state index in [0.717, 1.165) is 11.3 Å². The fourth-order valence-corrected chi connectivity index (χ4v) is 3.16. The number of hydrogen-bond donors (Lipinski definition) is 1. The van der Waals surface area contributed by atoms with Crippen LogP contribution in [0.1, 0.15) is 47.4 Å². The van der Waals surface area contributed by atoms with Crippen molar-refractivity contribution in [2.45, 2.75) is 33.6 Å². The lowest BCUT2D eigenvalue weighted by atomic mass is 9.75. The molecule has 5 nitrogen and oxygen atoms in total. The van der Waals surface area contributed by atoms with Crippen molar-refractivity contribution in [3.63, 3.8) is 0 Å². The van der Waals surface area contributed by atoms with E-state index in [2.05, 4.69) is 5.43 Å². The highest BCUT2D eigenvalue weighted by molar-refractivity contribution is 5.99. The van der Waals surface area contributed by atoms with Crippen LogP contribution in [-0.4, -0.2) is 10.5 Å². The number of aryl methyl sites for hydroxylation is 1. The summed E-state index contributed by atoms with van der Waals surface area (Å²) in [7, 11) is 0. The fourth-order valence-electron chi connectivity index (χ4n) is 3.16. The molecule has 1 aromatic heterocycles. The van der Waals surface area contributed by atoms with Crippen molar-refractivity contribution in [2.75, 3.05) is 5.43 Å². The third-order valence-electron chi connectivity index (χ3n) is 4.27. The Morgan fingerprint density at radius 2 is 1.96 bits per heavy atom. The molecule has 0 amide bonds. The van der Waals surface area contributed by atoms with E-state index in [-0.39, 0.29) is 16.8 Å². The van der Waals surface area contributed by atoms with Crippen LogP contribution in [0, 0.1) is 23.7 Å². The number of benzene rings is 1. The van der Waals surface area contributed by atoms with Crippen LogP contribution in [0.5, 0.6) is 0 Å². The van der Waals surface area contributed by atoms with Crippen molar-refractivity contribution in [3.05, 3.63) is 63.1 Å². The molecule has 0 unspecified atom stereocenters. The maximum Gasteiger partial charge on any atom is 0.287 e. The van der Waals surface area contributed by atoms with Gasteiger partial charge < -0.3 is 0 Å². The Kier molecular flexibility index (Phi) is 3.76. The molecule has 2 aromatic rings. The van der Waals surface area contributed by atoms with Crippen molar-refractivity contribution in [2.24, 2.45) is 5.41 Å². The van der Waals surface area contributed by atoms with Gasteiger partial charge >= 0.3 is 0 Å². The highest BCUT2D eigenvalue weighted by atomic mass is 16.1. The van der Waals surface area contributed by atoms with E-state index in [4.69, 9.17) is 0 Å². The number of nitrogens with zero attached hydrogens (tertiary/aromatic N) is 2. The second-order valence-corrected chi connectivity index (χ2v) is 7.09. The zero-order valence-corrected chi connectivity index (χ0v) is 14.0. The SMILES string of the molecule is Cc1cccc(Nn2c3c(cc(C#N)c2=O)C(=O)CC(C)(C)C3)c1. The molecule has 1 aromatic carbocycles. The molecule has 1 aliphatic rings. The minimum Gasteiger partial charge on any atom is -0.294 e. The van der Waals surface area contributed by atoms with E-state index >= 15 is 0 Å². The molecular formula is C19H19N3O2. The van der Waals surface area contributed by atoms with Gasteiger partial charge in [-0.2, -0.15) is 5.26 Å². The van der Waals surface area contributed by atoms with Gasteiger partial charge in [0.2, 0.25) is 0 Å². The van der Waals surface area contributed by atoms with Crippen LogP contribution in [-0.2, 0) is 6.42 Å². The van der Waals surface area contributed by atoms with Crippen LogP contribution in [0.15, 0.2) is 35.1 Å². The Bertz CT molecular complexity index is 933. The fraction of sp³-hybridized carbons (Fsp3) is 0.316. The lowest BCUT2D eigenvalue weighted by Gasteiger charge is -2.32. The number of fused-ring (bicyclic) bond motifs is 1. The maximum atomic E-state index is 12.6. The summed E-state index contributed by atoms with van der Waals surface area (Å²) >= 11 is 0. The first kappa shape index (κ1) is 16.0. The first-order valence-corrected chi connectivity index (χ1v) is 7.87. The Balaban J connectivity index is 2.21. The standard InChI is InChI=1S/C19H19N3O2/c1-12-5-4-6-14(7-12)21-22-16-9-19(2,3)10-17(23)15(16)8-13(11-20)18(22)24/h4-8,21H,9-10H2,1-3H3. The molecule has 0 fully saturated rings. The summed E-state index contributed by atoms with van der Waals surface area (Å²) < 4.78 is 1.36. The minimum atomic E-state index is -0.428. The highest BCUT2D eigenvalue weighted by Gasteiger charge is 2.34. The molecule has 0 aliphatic heterocycles. The Morgan fingerprint density at radius 3 is 2.62 bits per heavy atom. The van der Waals surface area contributed by atoms with Crippen LogP contribution >= 0.6 is 0 Å². The smallest absolute Gasteiger partial charge is 0.287 e. The average Bonchev–Trinajstić information content (AvgIpc) is 2.49. The van der Waals surface area contributed by atoms with Crippen molar-refractivity contribution in [3.8, 4) is 6.07 Å². The van der Waals surface area contributed by atoms with Gasteiger partial charge in [0.25, 0.3) is 5.56 Å². The summed E-state index contributed by atoms with van der Waals surface area (Å²) in [6.45, 7) is 5.98. The molecule has 3 rings (SSSR count). The van der Waals surface area contributed by atoms with Crippen LogP contribution in [0.25, 0.3) is 0 Å². The van der Waals surface area contributed by atoms with Gasteiger partial charge in [-0.25, -0.2) is 4.68 Å². The average molecular weight is 321 g/mol. The molecule has 0 bridgehead atoms. The van der Waals surface area contributed by atoms with Crippen molar-refractivity contribution < 1.29 is 4.79 Å². The maximum absolute atomic E-state index is 12.6. The van der Waals surface area contributed by atoms with E-state index < -0.39 is 5.56 Å². The predicted octanol–water partition coefficient (Wildman–Crippen LogP) is 3.06. The summed E-state index contributed by atoms with van der Waals surface area (Å²) in [4.78, 5) is 25.1. The third-order valence-corrected chi connectivity index (χ3v) is 4.27. The Labute approximate surface area is 140 Å². The molecule has 0 atom stereocenters. The van der Waals surface area contributed by atoms with E-state index in [1.54, 1.807) is 0 Å². The van der Waals surface area contributed by atoms with Crippen LogP contribution in [0.3, 0.4) is 0 Å². The molecule has 0 radical (unpaired) electrons. The molecule has 5 heteroatoms. The lowest BCUT2D eigenvalue weighted by Crippen LogP contribution is -2.38. The molecule has 1 heterocycles. The van der Waals surface area contributed by atoms with Gasteiger partial charge in [-0.05, 0) is 42.5 Å². The van der Waals surface area contributed by atoms with Crippen molar-refractivity contribution >= 4 is 11.5 Å². The summed E-state index contributed by atoms with van der Waals surface area (Å²) in [6, 6.07) is 10.9. The number of nitriles is 1. The second kappa shape index (κ2) is 5.64. The molecular weight excluding hydrogens is 302 g/mol. The monoisotopic (exact) mass is 321 g/mol. The number of carbonyl (C=O) groups is 1. The number of ketones is 1. The van der Waals surface area contributed by atoms with Crippen LogP contribution in [0.2, 0.25) is 0 Å². The summed E-state index contributed by atoms with van der Waals surface area (Å²) in [6.07, 6.45) is 1.00. The lowest BCUT2D eigenvalue weighted by molar-refractivity contribution is 0.0908. The van der Waals surface area contributed by atoms with E-state index in [0.29, 0.717) is 24.1 Å². The first-order valence-electron chi connectivity index (χ1n) is 7.87. The third kappa shape index (κ3) is 2.83. The number of carbonyl (C=O) groups excluding carboxylic acids is 1. The number of nitrogens with one attached hydrogen (secondary N) is 1. The van der Waals surface area contributed by atoms with E-state index in [1.807, 2.05) is 51.1 Å². The topological polar surface area (TPSA) is 74.9 Å². The zero-order valence-electron chi connectivity index (χ0n) is 14.0. The van der Waals surface area contributed by atoms with E-state index in [9.17, 15) is 14.9 Å². The molecule has 24 heavy (non-hydrogen) atoms. The Morgan fingerprint density at radius 1 is 1.21 bits per heavy atom. The van der Waals surface area contributed by atoms with Crippen LogP contribution in [0.4, 0.5) is 5.69 Å². The molecule has 1 N–H and O–H groups in total. The van der Waals surface area contributed by atoms with Crippen molar-refractivity contribution in [1.82, 2.24) is 4.68 Å². The predicted molar refractivity (Wildman–Crippen MR) is 92.0 cm³/mol. The van der Waals surface area contributed by atoms with Gasteiger partial charge in [0, 0.05) is 12.0 Å². The van der Waals surface area contributed by atoms with Gasteiger partial charge in [-0.3, -0.25) is 15.0 Å². The van der Waals surface area contributed by atoms with Crippen molar-refractivity contribution in [1.29, 1.82) is 5.26 Å². The van der Waals surface area contributed by atoms with Gasteiger partial charge in [-0.1, -0.05) is 26.0 Å². The highest BCUT2D eigenvalue weighted by Crippen LogP contribution is 2.34. The Hall–Kier alpha value is -2.87. The normalized spacial score (nSPS) is 15.5. The largest absolute Gasteiger partial charge is 0.294 e. The molecule has 0 saturated heterocycles. The number of hydrogen-bond acceptors (Lipinski definition) is 4. The number of rotatable bonds is 2. The van der Waals surface area contributed by atoms with Gasteiger partial charge in [0.05, 0.1) is 11.4 Å². The summed E-state index contributed by atoms with van der Waals surface area (Å²) in [5.41, 5.74) is 5.30. The number of pyridine rings is 1. The molecule has 122 valence electrons. The van der Waals surface area contributed by atoms with Gasteiger partial charge in [-0.15, -0.1) is 0 Å². The zero-order chi connectivity index (χ0) is 17.5. The number of Topliss-reactive ketones (excluding diaryl/α,β-unsaturated/α-hetero) is 1. The minimum absolute atomic E-state index is 0.0260. The number of anilines is 1. The number of aromatic nitrogens is 1. The van der Waals surface area contributed by atoms with Gasteiger partial charge in [0.1, 0.15) is 11.6 Å². The molecule has 0 saturated carbocycles. The molecule has 1 aliphatic carbocycles. The quantitative estimate of drug-likeness (QED) is 0.922. The van der Waals surface area contributed by atoms with Gasteiger partial charge in [0.15, 0.2) is 5.78 Å². The van der Waals surface area contributed by atoms with E-state index in [1.165, 1.54) is 10.7 Å². The molecule has 0 spiro atoms. The first-order chi connectivity index (χ1) is 11.3. The second-order valence-electron chi connectivity index (χ2n) is 7.09. The van der Waals surface area contributed by atoms with Crippen LogP contribution < -0.4 is 11.0 Å². The summed E-state index contributed by atoms with van der Waals surface area (Å²) in [5, 5.41) is 9.24.